The number of rotatable bonds is 2. The van der Waals surface area contributed by atoms with Crippen molar-refractivity contribution >= 4 is 5.69 Å². The predicted molar refractivity (Wildman–Crippen MR) is 71.6 cm³/mol. The third-order valence-corrected chi connectivity index (χ3v) is 2.71. The van der Waals surface area contributed by atoms with E-state index >= 15 is 0 Å². The highest BCUT2D eigenvalue weighted by atomic mass is 16.5. The van der Waals surface area contributed by atoms with Crippen molar-refractivity contribution in [3.8, 4) is 11.5 Å². The molecule has 0 unspecified atom stereocenters. The van der Waals surface area contributed by atoms with Gasteiger partial charge < -0.3 is 10.5 Å². The summed E-state index contributed by atoms with van der Waals surface area (Å²) in [5.74, 6) is 1.55. The lowest BCUT2D eigenvalue weighted by molar-refractivity contribution is 0.484. The number of anilines is 1. The molecule has 0 saturated heterocycles. The molecule has 0 fully saturated rings. The maximum atomic E-state index is 5.98. The SMILES string of the molecule is Cc1cc(C)cc(Oc2cccc(C)c2N)c1. The summed E-state index contributed by atoms with van der Waals surface area (Å²) < 4.78 is 5.83. The Morgan fingerprint density at radius 3 is 2.24 bits per heavy atom. The van der Waals surface area contributed by atoms with Crippen LogP contribution in [0, 0.1) is 20.8 Å². The molecule has 0 aliphatic rings. The van der Waals surface area contributed by atoms with Gasteiger partial charge in [-0.15, -0.1) is 0 Å². The average molecular weight is 227 g/mol. The molecule has 0 spiro atoms. The van der Waals surface area contributed by atoms with E-state index in [9.17, 15) is 0 Å². The van der Waals surface area contributed by atoms with Crippen molar-refractivity contribution in [3.05, 3.63) is 53.1 Å². The fourth-order valence-corrected chi connectivity index (χ4v) is 1.86. The van der Waals surface area contributed by atoms with Crippen LogP contribution in [0.25, 0.3) is 0 Å². The van der Waals surface area contributed by atoms with E-state index in [1.165, 1.54) is 11.1 Å². The molecule has 0 heterocycles. The van der Waals surface area contributed by atoms with E-state index in [0.29, 0.717) is 5.69 Å². The van der Waals surface area contributed by atoms with Crippen LogP contribution in [0.15, 0.2) is 36.4 Å². The molecular weight excluding hydrogens is 210 g/mol. The van der Waals surface area contributed by atoms with Crippen molar-refractivity contribution in [3.63, 3.8) is 0 Å². The molecular formula is C15H17NO. The molecule has 0 saturated carbocycles. The molecule has 0 bridgehead atoms. The fraction of sp³-hybridized carbons (Fsp3) is 0.200. The molecule has 0 aliphatic heterocycles. The number of ether oxygens (including phenoxy) is 1. The van der Waals surface area contributed by atoms with Crippen LogP contribution >= 0.6 is 0 Å². The van der Waals surface area contributed by atoms with E-state index in [1.807, 2.05) is 37.3 Å². The van der Waals surface area contributed by atoms with Gasteiger partial charge in [0.1, 0.15) is 5.75 Å². The van der Waals surface area contributed by atoms with E-state index in [4.69, 9.17) is 10.5 Å². The molecule has 0 radical (unpaired) electrons. The maximum Gasteiger partial charge on any atom is 0.150 e. The summed E-state index contributed by atoms with van der Waals surface area (Å²) in [7, 11) is 0. The summed E-state index contributed by atoms with van der Waals surface area (Å²) in [6.07, 6.45) is 0. The molecule has 2 nitrogen and oxygen atoms in total. The maximum absolute atomic E-state index is 5.98. The summed E-state index contributed by atoms with van der Waals surface area (Å²) in [5.41, 5.74) is 10.1. The molecule has 0 aliphatic carbocycles. The Morgan fingerprint density at radius 1 is 0.941 bits per heavy atom. The molecule has 2 aromatic rings. The smallest absolute Gasteiger partial charge is 0.150 e. The number of benzene rings is 2. The second kappa shape index (κ2) is 4.50. The van der Waals surface area contributed by atoms with Gasteiger partial charge in [-0.3, -0.25) is 0 Å². The monoisotopic (exact) mass is 227 g/mol. The molecule has 0 aromatic heterocycles. The zero-order chi connectivity index (χ0) is 12.4. The Bertz CT molecular complexity index is 526. The second-order valence-electron chi connectivity index (χ2n) is 4.41. The van der Waals surface area contributed by atoms with Gasteiger partial charge in [0.25, 0.3) is 0 Å². The lowest BCUT2D eigenvalue weighted by Crippen LogP contribution is -1.95. The Labute approximate surface area is 102 Å². The molecule has 0 amide bonds. The number of nitrogens with two attached hydrogens (primary N) is 1. The quantitative estimate of drug-likeness (QED) is 0.787. The van der Waals surface area contributed by atoms with Crippen LogP contribution in [0.4, 0.5) is 5.69 Å². The number of hydrogen-bond acceptors (Lipinski definition) is 2. The minimum absolute atomic E-state index is 0.701. The van der Waals surface area contributed by atoms with Gasteiger partial charge in [-0.1, -0.05) is 18.2 Å². The van der Waals surface area contributed by atoms with Crippen molar-refractivity contribution in [1.82, 2.24) is 0 Å². The van der Waals surface area contributed by atoms with E-state index in [0.717, 1.165) is 17.1 Å². The Hall–Kier alpha value is -1.96. The molecule has 2 aromatic carbocycles. The third-order valence-electron chi connectivity index (χ3n) is 2.71. The number of nitrogen functional groups attached to an aromatic ring is 1. The summed E-state index contributed by atoms with van der Waals surface area (Å²) >= 11 is 0. The van der Waals surface area contributed by atoms with Crippen LogP contribution in [0.1, 0.15) is 16.7 Å². The predicted octanol–water partition coefficient (Wildman–Crippen LogP) is 3.99. The first kappa shape index (κ1) is 11.5. The van der Waals surface area contributed by atoms with Gasteiger partial charge in [0.05, 0.1) is 5.69 Å². The van der Waals surface area contributed by atoms with Crippen LogP contribution in [0.2, 0.25) is 0 Å². The zero-order valence-corrected chi connectivity index (χ0v) is 10.4. The van der Waals surface area contributed by atoms with Crippen molar-refractivity contribution in [2.45, 2.75) is 20.8 Å². The highest BCUT2D eigenvalue weighted by Gasteiger charge is 2.04. The topological polar surface area (TPSA) is 35.2 Å². The Balaban J connectivity index is 2.34. The van der Waals surface area contributed by atoms with E-state index < -0.39 is 0 Å². The Morgan fingerprint density at radius 2 is 1.59 bits per heavy atom. The number of hydrogen-bond donors (Lipinski definition) is 1. The van der Waals surface area contributed by atoms with Crippen LogP contribution in [-0.4, -0.2) is 0 Å². The van der Waals surface area contributed by atoms with Crippen molar-refractivity contribution < 1.29 is 4.74 Å². The summed E-state index contributed by atoms with van der Waals surface area (Å²) in [4.78, 5) is 0. The molecule has 2 heteroatoms. The van der Waals surface area contributed by atoms with E-state index in [-0.39, 0.29) is 0 Å². The fourth-order valence-electron chi connectivity index (χ4n) is 1.86. The van der Waals surface area contributed by atoms with Gasteiger partial charge in [0.2, 0.25) is 0 Å². The molecule has 17 heavy (non-hydrogen) atoms. The van der Waals surface area contributed by atoms with Crippen LogP contribution in [-0.2, 0) is 0 Å². The second-order valence-corrected chi connectivity index (χ2v) is 4.41. The standard InChI is InChI=1S/C15H17NO/c1-10-7-11(2)9-13(8-10)17-14-6-4-5-12(3)15(14)16/h4-9H,16H2,1-3H3. The molecule has 2 rings (SSSR count). The highest BCUT2D eigenvalue weighted by molar-refractivity contribution is 5.59. The molecule has 0 atom stereocenters. The van der Waals surface area contributed by atoms with Gasteiger partial charge in [0.15, 0.2) is 5.75 Å². The molecule has 88 valence electrons. The largest absolute Gasteiger partial charge is 0.455 e. The number of aryl methyl sites for hydroxylation is 3. The first-order valence-electron chi connectivity index (χ1n) is 5.67. The molecule has 2 N–H and O–H groups in total. The van der Waals surface area contributed by atoms with Gasteiger partial charge in [-0.05, 0) is 55.7 Å². The van der Waals surface area contributed by atoms with Crippen LogP contribution in [0.5, 0.6) is 11.5 Å². The van der Waals surface area contributed by atoms with Crippen molar-refractivity contribution in [2.75, 3.05) is 5.73 Å². The van der Waals surface area contributed by atoms with E-state index in [1.54, 1.807) is 0 Å². The van der Waals surface area contributed by atoms with Crippen molar-refractivity contribution in [1.29, 1.82) is 0 Å². The van der Waals surface area contributed by atoms with Crippen LogP contribution < -0.4 is 10.5 Å². The Kier molecular flexibility index (Phi) is 3.05. The normalized spacial score (nSPS) is 10.3. The summed E-state index contributed by atoms with van der Waals surface area (Å²) in [5, 5.41) is 0. The highest BCUT2D eigenvalue weighted by Crippen LogP contribution is 2.30. The van der Waals surface area contributed by atoms with Crippen LogP contribution in [0.3, 0.4) is 0 Å². The van der Waals surface area contributed by atoms with Gasteiger partial charge in [-0.2, -0.15) is 0 Å². The lowest BCUT2D eigenvalue weighted by Gasteiger charge is -2.11. The minimum atomic E-state index is 0.701. The summed E-state index contributed by atoms with van der Waals surface area (Å²) in [6.45, 7) is 6.09. The first-order valence-corrected chi connectivity index (χ1v) is 5.67. The summed E-state index contributed by atoms with van der Waals surface area (Å²) in [6, 6.07) is 11.9. The van der Waals surface area contributed by atoms with E-state index in [2.05, 4.69) is 19.9 Å². The van der Waals surface area contributed by atoms with Crippen molar-refractivity contribution in [2.24, 2.45) is 0 Å². The third kappa shape index (κ3) is 2.59. The number of para-hydroxylation sites is 1. The minimum Gasteiger partial charge on any atom is -0.455 e. The van der Waals surface area contributed by atoms with Gasteiger partial charge >= 0.3 is 0 Å². The first-order chi connectivity index (χ1) is 8.06. The zero-order valence-electron chi connectivity index (χ0n) is 10.4. The van der Waals surface area contributed by atoms with Gasteiger partial charge in [-0.25, -0.2) is 0 Å². The lowest BCUT2D eigenvalue weighted by atomic mass is 10.1. The van der Waals surface area contributed by atoms with Gasteiger partial charge in [0, 0.05) is 0 Å². The average Bonchev–Trinajstić information content (AvgIpc) is 2.23.